The maximum Gasteiger partial charge on any atom is 0.183 e. The third-order valence-corrected chi connectivity index (χ3v) is 2.97. The summed E-state index contributed by atoms with van der Waals surface area (Å²) >= 11 is 0. The molecule has 0 radical (unpaired) electrons. The minimum absolute atomic E-state index is 0.411. The molecule has 0 aliphatic rings. The van der Waals surface area contributed by atoms with Crippen molar-refractivity contribution in [2.24, 2.45) is 0 Å². The van der Waals surface area contributed by atoms with Crippen LogP contribution in [0.1, 0.15) is 0 Å². The van der Waals surface area contributed by atoms with Gasteiger partial charge in [0.25, 0.3) is 0 Å². The van der Waals surface area contributed by atoms with Crippen molar-refractivity contribution >= 4 is 22.7 Å². The predicted molar refractivity (Wildman–Crippen MR) is 75.9 cm³/mol. The van der Waals surface area contributed by atoms with Crippen molar-refractivity contribution in [2.75, 3.05) is 24.7 Å². The summed E-state index contributed by atoms with van der Waals surface area (Å²) in [6.07, 6.45) is 1.41. The molecule has 3 rings (SSSR count). The molecule has 2 aromatic heterocycles. The second-order valence-electron chi connectivity index (χ2n) is 4.48. The highest BCUT2D eigenvalue weighted by Gasteiger charge is 2.09. The molecule has 3 aromatic rings. The van der Waals surface area contributed by atoms with Crippen LogP contribution in [0.3, 0.4) is 0 Å². The van der Waals surface area contributed by atoms with Crippen molar-refractivity contribution in [3.63, 3.8) is 0 Å². The van der Waals surface area contributed by atoms with Gasteiger partial charge in [-0.05, 0) is 24.3 Å². The number of hydrogen-bond acceptors (Lipinski definition) is 5. The summed E-state index contributed by atoms with van der Waals surface area (Å²) in [5, 5.41) is 0. The van der Waals surface area contributed by atoms with Crippen molar-refractivity contribution in [1.29, 1.82) is 0 Å². The van der Waals surface area contributed by atoms with E-state index in [9.17, 15) is 0 Å². The summed E-state index contributed by atoms with van der Waals surface area (Å²) in [6.45, 7) is 0. The highest BCUT2D eigenvalue weighted by Crippen LogP contribution is 2.23. The molecule has 19 heavy (non-hydrogen) atoms. The number of nitrogen functional groups attached to an aromatic ring is 1. The fraction of sp³-hybridized carbons (Fsp3) is 0.154. The molecule has 2 heterocycles. The van der Waals surface area contributed by atoms with Crippen LogP contribution in [-0.4, -0.2) is 34.0 Å². The van der Waals surface area contributed by atoms with Crippen LogP contribution in [0.5, 0.6) is 0 Å². The van der Waals surface area contributed by atoms with Gasteiger partial charge in [-0.15, -0.1) is 0 Å². The molecule has 1 aromatic carbocycles. The Balaban J connectivity index is 2.06. The first-order valence-corrected chi connectivity index (χ1v) is 5.89. The number of anilines is 2. The van der Waals surface area contributed by atoms with Crippen LogP contribution in [0.25, 0.3) is 22.6 Å². The van der Waals surface area contributed by atoms with E-state index in [1.807, 2.05) is 43.3 Å². The van der Waals surface area contributed by atoms with Gasteiger partial charge < -0.3 is 15.6 Å². The fourth-order valence-electron chi connectivity index (χ4n) is 1.90. The molecule has 6 heteroatoms. The largest absolute Gasteiger partial charge is 0.382 e. The van der Waals surface area contributed by atoms with Crippen LogP contribution in [0.15, 0.2) is 30.6 Å². The van der Waals surface area contributed by atoms with Gasteiger partial charge in [0, 0.05) is 25.3 Å². The Hall–Kier alpha value is -2.63. The molecule has 0 saturated carbocycles. The third kappa shape index (κ3) is 1.97. The van der Waals surface area contributed by atoms with Crippen LogP contribution >= 0.6 is 0 Å². The molecule has 3 N–H and O–H groups in total. The van der Waals surface area contributed by atoms with E-state index in [0.29, 0.717) is 17.0 Å². The summed E-state index contributed by atoms with van der Waals surface area (Å²) < 4.78 is 0. The molecule has 0 aliphatic heterocycles. The number of benzene rings is 1. The van der Waals surface area contributed by atoms with Crippen LogP contribution in [0.4, 0.5) is 11.5 Å². The van der Waals surface area contributed by atoms with Gasteiger partial charge in [0.1, 0.15) is 17.7 Å². The van der Waals surface area contributed by atoms with Crippen molar-refractivity contribution < 1.29 is 0 Å². The van der Waals surface area contributed by atoms with Gasteiger partial charge in [-0.2, -0.15) is 0 Å². The molecule has 0 fully saturated rings. The van der Waals surface area contributed by atoms with Crippen LogP contribution < -0.4 is 10.6 Å². The number of imidazole rings is 1. The van der Waals surface area contributed by atoms with Crippen molar-refractivity contribution in [3.8, 4) is 11.4 Å². The zero-order valence-electron chi connectivity index (χ0n) is 10.8. The van der Waals surface area contributed by atoms with E-state index in [2.05, 4.69) is 19.9 Å². The number of aromatic nitrogens is 4. The van der Waals surface area contributed by atoms with E-state index in [1.54, 1.807) is 0 Å². The lowest BCUT2D eigenvalue weighted by Crippen LogP contribution is -2.07. The van der Waals surface area contributed by atoms with Gasteiger partial charge in [0.2, 0.25) is 0 Å². The summed E-state index contributed by atoms with van der Waals surface area (Å²) in [7, 11) is 4.01. The van der Waals surface area contributed by atoms with Crippen LogP contribution in [0, 0.1) is 0 Å². The quantitative estimate of drug-likeness (QED) is 0.726. The van der Waals surface area contributed by atoms with Gasteiger partial charge in [-0.25, -0.2) is 15.0 Å². The molecule has 0 spiro atoms. The number of nitrogens with one attached hydrogen (secondary N) is 1. The summed E-state index contributed by atoms with van der Waals surface area (Å²) in [4.78, 5) is 17.7. The fourth-order valence-corrected chi connectivity index (χ4v) is 1.90. The molecule has 0 unspecified atom stereocenters. The van der Waals surface area contributed by atoms with E-state index in [1.165, 1.54) is 6.33 Å². The number of aromatic amines is 1. The number of H-pyrrole nitrogens is 1. The highest BCUT2D eigenvalue weighted by atomic mass is 15.1. The van der Waals surface area contributed by atoms with Gasteiger partial charge in [-0.3, -0.25) is 0 Å². The van der Waals surface area contributed by atoms with Crippen LogP contribution in [0.2, 0.25) is 0 Å². The lowest BCUT2D eigenvalue weighted by atomic mass is 10.2. The summed E-state index contributed by atoms with van der Waals surface area (Å²) in [6, 6.07) is 8.10. The molecule has 0 aliphatic carbocycles. The molecule has 96 valence electrons. The smallest absolute Gasteiger partial charge is 0.183 e. The molecule has 0 atom stereocenters. The Labute approximate surface area is 110 Å². The van der Waals surface area contributed by atoms with E-state index in [0.717, 1.165) is 17.1 Å². The van der Waals surface area contributed by atoms with Gasteiger partial charge in [-0.1, -0.05) is 0 Å². The second kappa shape index (κ2) is 4.24. The molecular weight excluding hydrogens is 240 g/mol. The van der Waals surface area contributed by atoms with Crippen molar-refractivity contribution in [1.82, 2.24) is 19.9 Å². The predicted octanol–water partition coefficient (Wildman–Crippen LogP) is 1.67. The molecule has 6 nitrogen and oxygen atoms in total. The minimum atomic E-state index is 0.411. The Kier molecular flexibility index (Phi) is 2.56. The summed E-state index contributed by atoms with van der Waals surface area (Å²) in [5.41, 5.74) is 9.17. The van der Waals surface area contributed by atoms with E-state index in [-0.39, 0.29) is 0 Å². The monoisotopic (exact) mass is 254 g/mol. The topological polar surface area (TPSA) is 83.7 Å². The number of rotatable bonds is 2. The number of nitrogens with two attached hydrogens (primary N) is 1. The Bertz CT molecular complexity index is 714. The zero-order chi connectivity index (χ0) is 13.4. The number of fused-ring (bicyclic) bond motifs is 1. The second-order valence-corrected chi connectivity index (χ2v) is 4.48. The molecule has 0 amide bonds. The molecule has 0 saturated heterocycles. The SMILES string of the molecule is CN(C)c1ccc(-c2nc3ncnc(N)c3[nH]2)cc1. The van der Waals surface area contributed by atoms with Crippen molar-refractivity contribution in [2.45, 2.75) is 0 Å². The lowest BCUT2D eigenvalue weighted by Gasteiger charge is -2.11. The first-order chi connectivity index (χ1) is 9.15. The maximum atomic E-state index is 5.78. The van der Waals surface area contributed by atoms with Crippen molar-refractivity contribution in [3.05, 3.63) is 30.6 Å². The Morgan fingerprint density at radius 2 is 1.84 bits per heavy atom. The Morgan fingerprint density at radius 3 is 2.47 bits per heavy atom. The first-order valence-electron chi connectivity index (χ1n) is 5.89. The van der Waals surface area contributed by atoms with E-state index in [4.69, 9.17) is 5.73 Å². The number of hydrogen-bond donors (Lipinski definition) is 2. The average molecular weight is 254 g/mol. The first kappa shape index (κ1) is 11.5. The third-order valence-electron chi connectivity index (χ3n) is 2.97. The summed E-state index contributed by atoms with van der Waals surface area (Å²) in [5.74, 6) is 1.15. The standard InChI is InChI=1S/C13H14N6/c1-19(2)9-5-3-8(4-6-9)12-17-10-11(14)15-7-16-13(10)18-12/h3-7H,1-2H3,(H3,14,15,16,17,18). The van der Waals surface area contributed by atoms with Gasteiger partial charge in [0.15, 0.2) is 11.5 Å². The van der Waals surface area contributed by atoms with Gasteiger partial charge >= 0.3 is 0 Å². The zero-order valence-corrected chi connectivity index (χ0v) is 10.8. The molecule has 0 bridgehead atoms. The van der Waals surface area contributed by atoms with Gasteiger partial charge in [0.05, 0.1) is 0 Å². The normalized spacial score (nSPS) is 10.8. The maximum absolute atomic E-state index is 5.78. The molecular formula is C13H14N6. The average Bonchev–Trinajstić information content (AvgIpc) is 2.84. The highest BCUT2D eigenvalue weighted by molar-refractivity contribution is 5.84. The van der Waals surface area contributed by atoms with E-state index >= 15 is 0 Å². The Morgan fingerprint density at radius 1 is 1.11 bits per heavy atom. The minimum Gasteiger partial charge on any atom is -0.382 e. The van der Waals surface area contributed by atoms with E-state index < -0.39 is 0 Å². The van der Waals surface area contributed by atoms with Crippen LogP contribution in [-0.2, 0) is 0 Å². The number of nitrogens with zero attached hydrogens (tertiary/aromatic N) is 4. The lowest BCUT2D eigenvalue weighted by molar-refractivity contribution is 1.13.